The van der Waals surface area contributed by atoms with E-state index in [-0.39, 0.29) is 11.7 Å². The molecule has 0 saturated heterocycles. The molecule has 0 bridgehead atoms. The first-order valence-corrected chi connectivity index (χ1v) is 7.97. The maximum atomic E-state index is 12.0. The summed E-state index contributed by atoms with van der Waals surface area (Å²) in [6.45, 7) is 0.399. The van der Waals surface area contributed by atoms with Crippen LogP contribution < -0.4 is 5.32 Å². The molecule has 0 spiro atoms. The Bertz CT molecular complexity index is 753. The fourth-order valence-electron chi connectivity index (χ4n) is 1.94. The van der Waals surface area contributed by atoms with E-state index in [0.29, 0.717) is 11.2 Å². The van der Waals surface area contributed by atoms with E-state index in [4.69, 9.17) is 4.42 Å². The van der Waals surface area contributed by atoms with Crippen LogP contribution in [0.25, 0.3) is 11.3 Å². The number of hydrogen-bond donors (Lipinski definition) is 1. The van der Waals surface area contributed by atoms with Crippen molar-refractivity contribution in [3.05, 3.63) is 63.3 Å². The van der Waals surface area contributed by atoms with E-state index in [9.17, 15) is 4.79 Å². The van der Waals surface area contributed by atoms with E-state index in [1.807, 2.05) is 29.0 Å². The van der Waals surface area contributed by atoms with Gasteiger partial charge in [-0.2, -0.15) is 11.3 Å². The van der Waals surface area contributed by atoms with Crippen LogP contribution in [0.3, 0.4) is 0 Å². The molecule has 0 aliphatic rings. The highest BCUT2D eigenvalue weighted by Crippen LogP contribution is 2.23. The summed E-state index contributed by atoms with van der Waals surface area (Å²) in [4.78, 5) is 16.4. The molecule has 106 valence electrons. The molecule has 3 heterocycles. The molecule has 1 N–H and O–H groups in total. The van der Waals surface area contributed by atoms with Crippen molar-refractivity contribution >= 4 is 33.2 Å². The normalized spacial score (nSPS) is 10.5. The van der Waals surface area contributed by atoms with Gasteiger partial charge in [-0.3, -0.25) is 9.78 Å². The van der Waals surface area contributed by atoms with Crippen LogP contribution in [-0.4, -0.2) is 10.9 Å². The number of nitrogens with zero attached hydrogens (tertiary/aromatic N) is 1. The van der Waals surface area contributed by atoms with Crippen molar-refractivity contribution < 1.29 is 9.21 Å². The van der Waals surface area contributed by atoms with E-state index in [1.54, 1.807) is 29.7 Å². The van der Waals surface area contributed by atoms with Gasteiger partial charge < -0.3 is 9.73 Å². The molecule has 0 saturated carbocycles. The van der Waals surface area contributed by atoms with E-state index in [1.165, 1.54) is 0 Å². The summed E-state index contributed by atoms with van der Waals surface area (Å²) in [6, 6.07) is 9.15. The summed E-state index contributed by atoms with van der Waals surface area (Å²) in [5.74, 6) is 0.0312. The SMILES string of the molecule is O=C(NCc1cccnc1-c1ccsc1)c1ccc(Br)o1. The Labute approximate surface area is 134 Å². The van der Waals surface area contributed by atoms with Crippen LogP contribution in [0.5, 0.6) is 0 Å². The van der Waals surface area contributed by atoms with Crippen molar-refractivity contribution in [2.75, 3.05) is 0 Å². The van der Waals surface area contributed by atoms with Crippen LogP contribution in [-0.2, 0) is 6.54 Å². The fourth-order valence-corrected chi connectivity index (χ4v) is 2.89. The molecule has 3 aromatic heterocycles. The van der Waals surface area contributed by atoms with Crippen molar-refractivity contribution in [1.82, 2.24) is 10.3 Å². The molecule has 6 heteroatoms. The third kappa shape index (κ3) is 3.22. The zero-order valence-corrected chi connectivity index (χ0v) is 13.3. The topological polar surface area (TPSA) is 55.1 Å². The largest absolute Gasteiger partial charge is 0.444 e. The number of pyridine rings is 1. The maximum absolute atomic E-state index is 12.0. The summed E-state index contributed by atoms with van der Waals surface area (Å²) >= 11 is 4.80. The lowest BCUT2D eigenvalue weighted by atomic mass is 10.1. The van der Waals surface area contributed by atoms with Gasteiger partial charge in [-0.25, -0.2) is 0 Å². The third-order valence-electron chi connectivity index (χ3n) is 2.92. The number of nitrogens with one attached hydrogen (secondary N) is 1. The second-order valence-corrected chi connectivity index (χ2v) is 5.87. The van der Waals surface area contributed by atoms with Crippen molar-refractivity contribution in [2.24, 2.45) is 0 Å². The average molecular weight is 363 g/mol. The summed E-state index contributed by atoms with van der Waals surface area (Å²) < 4.78 is 5.76. The predicted molar refractivity (Wildman–Crippen MR) is 85.1 cm³/mol. The highest BCUT2D eigenvalue weighted by Gasteiger charge is 2.12. The van der Waals surface area contributed by atoms with Crippen molar-refractivity contribution in [1.29, 1.82) is 0 Å². The molecule has 0 aliphatic heterocycles. The van der Waals surface area contributed by atoms with Crippen LogP contribution >= 0.6 is 27.3 Å². The number of carbonyl (C=O) groups is 1. The fraction of sp³-hybridized carbons (Fsp3) is 0.0667. The number of carbonyl (C=O) groups excluding carboxylic acids is 1. The Hall–Kier alpha value is -1.92. The summed E-state index contributed by atoms with van der Waals surface area (Å²) in [5.41, 5.74) is 2.92. The number of amides is 1. The molecule has 1 amide bonds. The van der Waals surface area contributed by atoms with E-state index < -0.39 is 0 Å². The minimum Gasteiger partial charge on any atom is -0.444 e. The van der Waals surface area contributed by atoms with Gasteiger partial charge in [0, 0.05) is 23.7 Å². The van der Waals surface area contributed by atoms with Gasteiger partial charge in [0.05, 0.1) is 5.69 Å². The number of hydrogen-bond acceptors (Lipinski definition) is 4. The lowest BCUT2D eigenvalue weighted by molar-refractivity contribution is 0.0922. The van der Waals surface area contributed by atoms with Crippen molar-refractivity contribution in [3.8, 4) is 11.3 Å². The van der Waals surface area contributed by atoms with Gasteiger partial charge in [-0.1, -0.05) is 6.07 Å². The average Bonchev–Trinajstić information content (AvgIpc) is 3.16. The van der Waals surface area contributed by atoms with Crippen LogP contribution in [0.1, 0.15) is 16.1 Å². The number of halogens is 1. The van der Waals surface area contributed by atoms with Gasteiger partial charge in [-0.15, -0.1) is 0 Å². The first kappa shape index (κ1) is 14.0. The van der Waals surface area contributed by atoms with Gasteiger partial charge in [-0.05, 0) is 51.1 Å². The molecular formula is C15H11BrN2O2S. The molecule has 21 heavy (non-hydrogen) atoms. The standard InChI is InChI=1S/C15H11BrN2O2S/c16-13-4-3-12(20-13)15(19)18-8-10-2-1-6-17-14(10)11-5-7-21-9-11/h1-7,9H,8H2,(H,18,19). The Kier molecular flexibility index (Phi) is 4.17. The van der Waals surface area contributed by atoms with Crippen molar-refractivity contribution in [2.45, 2.75) is 6.54 Å². The summed E-state index contributed by atoms with van der Waals surface area (Å²) in [5, 5.41) is 6.89. The molecule has 3 rings (SSSR count). The predicted octanol–water partition coefficient (Wildman–Crippen LogP) is 4.10. The van der Waals surface area contributed by atoms with Crippen LogP contribution in [0.15, 0.2) is 56.4 Å². The van der Waals surface area contributed by atoms with Crippen LogP contribution in [0, 0.1) is 0 Å². The molecule has 4 nitrogen and oxygen atoms in total. The number of furan rings is 1. The van der Waals surface area contributed by atoms with Gasteiger partial charge in [0.15, 0.2) is 10.4 Å². The Morgan fingerprint density at radius 1 is 1.33 bits per heavy atom. The van der Waals surface area contributed by atoms with Gasteiger partial charge in [0.25, 0.3) is 5.91 Å². The molecule has 0 radical (unpaired) electrons. The minimum absolute atomic E-state index is 0.249. The zero-order valence-electron chi connectivity index (χ0n) is 10.9. The van der Waals surface area contributed by atoms with Gasteiger partial charge in [0.2, 0.25) is 0 Å². The van der Waals surface area contributed by atoms with E-state index >= 15 is 0 Å². The first-order chi connectivity index (χ1) is 10.2. The Morgan fingerprint density at radius 2 is 2.24 bits per heavy atom. The Morgan fingerprint density at radius 3 is 2.95 bits per heavy atom. The highest BCUT2D eigenvalue weighted by atomic mass is 79.9. The molecular weight excluding hydrogens is 352 g/mol. The third-order valence-corrected chi connectivity index (χ3v) is 4.03. The monoisotopic (exact) mass is 362 g/mol. The minimum atomic E-state index is -0.249. The number of aromatic nitrogens is 1. The van der Waals surface area contributed by atoms with Crippen LogP contribution in [0.2, 0.25) is 0 Å². The molecule has 0 unspecified atom stereocenters. The van der Waals surface area contributed by atoms with E-state index in [0.717, 1.165) is 16.8 Å². The van der Waals surface area contributed by atoms with Gasteiger partial charge in [0.1, 0.15) is 0 Å². The quantitative estimate of drug-likeness (QED) is 0.760. The molecule has 3 aromatic rings. The van der Waals surface area contributed by atoms with E-state index in [2.05, 4.69) is 26.2 Å². The van der Waals surface area contributed by atoms with Gasteiger partial charge >= 0.3 is 0 Å². The molecule has 0 fully saturated rings. The zero-order chi connectivity index (χ0) is 14.7. The highest BCUT2D eigenvalue weighted by molar-refractivity contribution is 9.10. The van der Waals surface area contributed by atoms with Crippen LogP contribution in [0.4, 0.5) is 0 Å². The molecule has 0 aliphatic carbocycles. The maximum Gasteiger partial charge on any atom is 0.287 e. The van der Waals surface area contributed by atoms with Crippen molar-refractivity contribution in [3.63, 3.8) is 0 Å². The lowest BCUT2D eigenvalue weighted by Gasteiger charge is -2.08. The second kappa shape index (κ2) is 6.24. The smallest absolute Gasteiger partial charge is 0.287 e. The summed E-state index contributed by atoms with van der Waals surface area (Å²) in [6.07, 6.45) is 1.75. The second-order valence-electron chi connectivity index (χ2n) is 4.31. The number of rotatable bonds is 4. The number of thiophene rings is 1. The lowest BCUT2D eigenvalue weighted by Crippen LogP contribution is -2.22. The molecule has 0 aromatic carbocycles. The first-order valence-electron chi connectivity index (χ1n) is 6.24. The molecule has 0 atom stereocenters. The summed E-state index contributed by atoms with van der Waals surface area (Å²) in [7, 11) is 0. The Balaban J connectivity index is 1.75.